The quantitative estimate of drug-likeness (QED) is 0.837. The van der Waals surface area contributed by atoms with Gasteiger partial charge in [0.1, 0.15) is 11.6 Å². The van der Waals surface area contributed by atoms with Gasteiger partial charge < -0.3 is 15.2 Å². The Morgan fingerprint density at radius 3 is 3.18 bits per heavy atom. The van der Waals surface area contributed by atoms with Crippen LogP contribution in [0.4, 0.5) is 5.82 Å². The fourth-order valence-corrected chi connectivity index (χ4v) is 1.86. The SMILES string of the molecule is O=C(CC1CCCCO1)Nc1cc(O)ccn1. The van der Waals surface area contributed by atoms with Crippen LogP contribution in [0.15, 0.2) is 18.3 Å². The van der Waals surface area contributed by atoms with Crippen molar-refractivity contribution in [2.75, 3.05) is 11.9 Å². The Morgan fingerprint density at radius 1 is 1.59 bits per heavy atom. The lowest BCUT2D eigenvalue weighted by Crippen LogP contribution is -2.25. The van der Waals surface area contributed by atoms with Gasteiger partial charge in [-0.1, -0.05) is 0 Å². The van der Waals surface area contributed by atoms with Crippen LogP contribution in [0.25, 0.3) is 0 Å². The molecule has 5 nitrogen and oxygen atoms in total. The highest BCUT2D eigenvalue weighted by atomic mass is 16.5. The molecule has 5 heteroatoms. The van der Waals surface area contributed by atoms with E-state index in [2.05, 4.69) is 10.3 Å². The number of hydrogen-bond donors (Lipinski definition) is 2. The van der Waals surface area contributed by atoms with Crippen LogP contribution in [0.3, 0.4) is 0 Å². The molecule has 1 atom stereocenters. The molecule has 1 aliphatic rings. The monoisotopic (exact) mass is 236 g/mol. The van der Waals surface area contributed by atoms with Crippen LogP contribution in [-0.4, -0.2) is 28.7 Å². The molecule has 0 spiro atoms. The van der Waals surface area contributed by atoms with E-state index < -0.39 is 0 Å². The molecule has 0 aliphatic carbocycles. The standard InChI is InChI=1S/C12H16N2O3/c15-9-4-5-13-11(7-9)14-12(16)8-10-3-1-2-6-17-10/h4-5,7,10H,1-3,6,8H2,(H2,13,14,15,16). The van der Waals surface area contributed by atoms with Crippen molar-refractivity contribution in [1.82, 2.24) is 4.98 Å². The molecule has 92 valence electrons. The highest BCUT2D eigenvalue weighted by Crippen LogP contribution is 2.17. The summed E-state index contributed by atoms with van der Waals surface area (Å²) in [6.45, 7) is 0.738. The summed E-state index contributed by atoms with van der Waals surface area (Å²) in [7, 11) is 0. The molecule has 0 aromatic carbocycles. The number of ether oxygens (including phenoxy) is 1. The molecule has 1 aromatic heterocycles. The maximum atomic E-state index is 11.7. The van der Waals surface area contributed by atoms with Gasteiger partial charge in [0.2, 0.25) is 5.91 Å². The molecule has 1 unspecified atom stereocenters. The number of carbonyl (C=O) groups is 1. The van der Waals surface area contributed by atoms with Gasteiger partial charge in [0.05, 0.1) is 12.5 Å². The number of anilines is 1. The summed E-state index contributed by atoms with van der Waals surface area (Å²) < 4.78 is 5.48. The first-order valence-electron chi connectivity index (χ1n) is 5.80. The molecule has 1 amide bonds. The second-order valence-corrected chi connectivity index (χ2v) is 4.14. The van der Waals surface area contributed by atoms with Crippen molar-refractivity contribution in [3.63, 3.8) is 0 Å². The third kappa shape index (κ3) is 3.71. The third-order valence-corrected chi connectivity index (χ3v) is 2.70. The Kier molecular flexibility index (Phi) is 3.93. The maximum Gasteiger partial charge on any atom is 0.228 e. The van der Waals surface area contributed by atoms with Crippen LogP contribution in [0.2, 0.25) is 0 Å². The van der Waals surface area contributed by atoms with E-state index in [1.807, 2.05) is 0 Å². The summed E-state index contributed by atoms with van der Waals surface area (Å²) in [6.07, 6.45) is 4.93. The molecule has 2 rings (SSSR count). The summed E-state index contributed by atoms with van der Waals surface area (Å²) in [5, 5.41) is 11.9. The predicted octanol–water partition coefficient (Wildman–Crippen LogP) is 1.68. The van der Waals surface area contributed by atoms with Gasteiger partial charge in [-0.25, -0.2) is 4.98 Å². The number of nitrogens with one attached hydrogen (secondary N) is 1. The van der Waals surface area contributed by atoms with Gasteiger partial charge >= 0.3 is 0 Å². The van der Waals surface area contributed by atoms with Crippen LogP contribution < -0.4 is 5.32 Å². The van der Waals surface area contributed by atoms with Crippen LogP contribution in [0, 0.1) is 0 Å². The third-order valence-electron chi connectivity index (χ3n) is 2.70. The number of nitrogens with zero attached hydrogens (tertiary/aromatic N) is 1. The Labute approximate surface area is 99.8 Å². The topological polar surface area (TPSA) is 71.5 Å². The zero-order valence-electron chi connectivity index (χ0n) is 9.56. The van der Waals surface area contributed by atoms with Crippen molar-refractivity contribution in [1.29, 1.82) is 0 Å². The lowest BCUT2D eigenvalue weighted by molar-refractivity contribution is -0.119. The number of aromatic nitrogens is 1. The van der Waals surface area contributed by atoms with E-state index in [4.69, 9.17) is 4.74 Å². The average Bonchev–Trinajstić information content (AvgIpc) is 2.30. The molecule has 0 bridgehead atoms. The fraction of sp³-hybridized carbons (Fsp3) is 0.500. The Balaban J connectivity index is 1.84. The Morgan fingerprint density at radius 2 is 2.47 bits per heavy atom. The molecule has 17 heavy (non-hydrogen) atoms. The van der Waals surface area contributed by atoms with E-state index in [-0.39, 0.29) is 17.8 Å². The number of pyridine rings is 1. The van der Waals surface area contributed by atoms with Gasteiger partial charge in [-0.15, -0.1) is 0 Å². The molecule has 1 aromatic rings. The van der Waals surface area contributed by atoms with Crippen LogP contribution in [-0.2, 0) is 9.53 Å². The van der Waals surface area contributed by atoms with Gasteiger partial charge in [0, 0.05) is 18.9 Å². The average molecular weight is 236 g/mol. The number of rotatable bonds is 3. The van der Waals surface area contributed by atoms with E-state index in [0.29, 0.717) is 12.2 Å². The Bertz CT molecular complexity index is 389. The lowest BCUT2D eigenvalue weighted by Gasteiger charge is -2.21. The summed E-state index contributed by atoms with van der Waals surface area (Å²) in [5.74, 6) is 0.324. The van der Waals surface area contributed by atoms with Crippen molar-refractivity contribution < 1.29 is 14.6 Å². The summed E-state index contributed by atoms with van der Waals surface area (Å²) >= 11 is 0. The molecule has 1 aliphatic heterocycles. The van der Waals surface area contributed by atoms with E-state index >= 15 is 0 Å². The zero-order valence-corrected chi connectivity index (χ0v) is 9.56. The van der Waals surface area contributed by atoms with E-state index in [9.17, 15) is 9.90 Å². The molecular weight excluding hydrogens is 220 g/mol. The van der Waals surface area contributed by atoms with E-state index in [1.54, 1.807) is 0 Å². The largest absolute Gasteiger partial charge is 0.508 e. The molecule has 0 saturated carbocycles. The smallest absolute Gasteiger partial charge is 0.228 e. The number of carbonyl (C=O) groups excluding carboxylic acids is 1. The normalized spacial score (nSPS) is 19.9. The highest BCUT2D eigenvalue weighted by Gasteiger charge is 2.17. The van der Waals surface area contributed by atoms with E-state index in [0.717, 1.165) is 25.9 Å². The Hall–Kier alpha value is -1.62. The number of aromatic hydroxyl groups is 1. The van der Waals surface area contributed by atoms with Gasteiger partial charge in [-0.3, -0.25) is 4.79 Å². The molecular formula is C12H16N2O3. The van der Waals surface area contributed by atoms with Crippen LogP contribution in [0.5, 0.6) is 5.75 Å². The molecule has 1 fully saturated rings. The van der Waals surface area contributed by atoms with E-state index in [1.165, 1.54) is 18.3 Å². The molecule has 1 saturated heterocycles. The predicted molar refractivity (Wildman–Crippen MR) is 62.7 cm³/mol. The fourth-order valence-electron chi connectivity index (χ4n) is 1.86. The maximum absolute atomic E-state index is 11.7. The zero-order chi connectivity index (χ0) is 12.1. The van der Waals surface area contributed by atoms with Crippen molar-refractivity contribution in [2.24, 2.45) is 0 Å². The summed E-state index contributed by atoms with van der Waals surface area (Å²) in [5.41, 5.74) is 0. The van der Waals surface area contributed by atoms with Gasteiger partial charge in [0.25, 0.3) is 0 Å². The number of hydrogen-bond acceptors (Lipinski definition) is 4. The first-order chi connectivity index (χ1) is 8.24. The van der Waals surface area contributed by atoms with Crippen LogP contribution >= 0.6 is 0 Å². The highest BCUT2D eigenvalue weighted by molar-refractivity contribution is 5.90. The minimum Gasteiger partial charge on any atom is -0.508 e. The number of amides is 1. The lowest BCUT2D eigenvalue weighted by atomic mass is 10.1. The molecule has 2 N–H and O–H groups in total. The summed E-state index contributed by atoms with van der Waals surface area (Å²) in [6, 6.07) is 2.87. The van der Waals surface area contributed by atoms with Gasteiger partial charge in [0.15, 0.2) is 0 Å². The van der Waals surface area contributed by atoms with Crippen molar-refractivity contribution >= 4 is 11.7 Å². The van der Waals surface area contributed by atoms with Crippen molar-refractivity contribution in [3.8, 4) is 5.75 Å². The minimum absolute atomic E-state index is 0.0149. The van der Waals surface area contributed by atoms with Crippen molar-refractivity contribution in [2.45, 2.75) is 31.8 Å². The minimum atomic E-state index is -0.130. The first kappa shape index (κ1) is 11.9. The van der Waals surface area contributed by atoms with Crippen LogP contribution in [0.1, 0.15) is 25.7 Å². The summed E-state index contributed by atoms with van der Waals surface area (Å²) in [4.78, 5) is 15.6. The second-order valence-electron chi connectivity index (χ2n) is 4.14. The van der Waals surface area contributed by atoms with Gasteiger partial charge in [-0.05, 0) is 25.3 Å². The molecule has 2 heterocycles. The van der Waals surface area contributed by atoms with Gasteiger partial charge in [-0.2, -0.15) is 0 Å². The second kappa shape index (κ2) is 5.63. The van der Waals surface area contributed by atoms with Crippen molar-refractivity contribution in [3.05, 3.63) is 18.3 Å². The molecule has 0 radical (unpaired) electrons. The first-order valence-corrected chi connectivity index (χ1v) is 5.80.